The van der Waals surface area contributed by atoms with E-state index in [1.165, 1.54) is 31.2 Å². The zero-order valence-electron chi connectivity index (χ0n) is 18.7. The number of hydrogen-bond donors (Lipinski definition) is 3. The molecule has 4 unspecified atom stereocenters. The fourth-order valence-electron chi connectivity index (χ4n) is 4.58. The Morgan fingerprint density at radius 3 is 2.56 bits per heavy atom. The monoisotopic (exact) mass is 476 g/mol. The molecule has 4 atom stereocenters. The molecule has 182 valence electrons. The summed E-state index contributed by atoms with van der Waals surface area (Å²) in [5, 5.41) is 20.9. The summed E-state index contributed by atoms with van der Waals surface area (Å²) >= 11 is 0. The number of nitrogens with two attached hydrogens (primary N) is 1. The van der Waals surface area contributed by atoms with Gasteiger partial charge in [0.25, 0.3) is 5.91 Å². The van der Waals surface area contributed by atoms with E-state index in [1.807, 2.05) is 0 Å². The zero-order valence-corrected chi connectivity index (χ0v) is 18.7. The van der Waals surface area contributed by atoms with Crippen molar-refractivity contribution in [3.8, 4) is 11.8 Å². The summed E-state index contributed by atoms with van der Waals surface area (Å²) in [6.45, 7) is 2.19. The summed E-state index contributed by atoms with van der Waals surface area (Å²) in [5.41, 5.74) is 6.07. The second-order valence-electron chi connectivity index (χ2n) is 9.04. The van der Waals surface area contributed by atoms with Crippen LogP contribution >= 0.6 is 0 Å². The summed E-state index contributed by atoms with van der Waals surface area (Å²) in [7, 11) is 0. The molecule has 11 heteroatoms. The molecule has 2 aromatic rings. The van der Waals surface area contributed by atoms with Crippen LogP contribution in [0.4, 0.5) is 24.7 Å². The molecule has 1 aromatic carbocycles. The van der Waals surface area contributed by atoms with Gasteiger partial charge in [-0.15, -0.1) is 13.2 Å². The second kappa shape index (κ2) is 9.54. The van der Waals surface area contributed by atoms with Crippen LogP contribution < -0.4 is 21.1 Å². The number of anilines is 2. The van der Waals surface area contributed by atoms with Gasteiger partial charge in [-0.05, 0) is 69.2 Å². The number of halogens is 3. The lowest BCUT2D eigenvalue weighted by atomic mass is 9.82. The molecule has 8 nitrogen and oxygen atoms in total. The molecule has 1 aromatic heterocycles. The summed E-state index contributed by atoms with van der Waals surface area (Å²) in [4.78, 5) is 12.0. The molecule has 4 rings (SSSR count). The van der Waals surface area contributed by atoms with Crippen molar-refractivity contribution in [2.75, 3.05) is 5.32 Å². The van der Waals surface area contributed by atoms with Gasteiger partial charge in [0.1, 0.15) is 11.3 Å². The van der Waals surface area contributed by atoms with Crippen LogP contribution in [0.5, 0.6) is 5.75 Å². The zero-order chi connectivity index (χ0) is 24.5. The molecule has 2 aliphatic rings. The number of carbonyl (C=O) groups excluding carboxylic acids is 1. The molecule has 34 heavy (non-hydrogen) atoms. The third-order valence-electron chi connectivity index (χ3n) is 6.50. The van der Waals surface area contributed by atoms with Gasteiger partial charge < -0.3 is 21.1 Å². The molecule has 0 radical (unpaired) electrons. The first-order chi connectivity index (χ1) is 16.1. The number of ether oxygens (including phenoxy) is 1. The first kappa shape index (κ1) is 23.9. The average Bonchev–Trinajstić information content (AvgIpc) is 3.54. The summed E-state index contributed by atoms with van der Waals surface area (Å²) in [5.74, 6) is -0.448. The van der Waals surface area contributed by atoms with E-state index >= 15 is 0 Å². The Bertz CT molecular complexity index is 1060. The van der Waals surface area contributed by atoms with E-state index in [1.54, 1.807) is 4.68 Å². The molecule has 2 fully saturated rings. The number of nitrogens with zero attached hydrogens (tertiary/aromatic N) is 3. The quantitative estimate of drug-likeness (QED) is 0.524. The molecule has 0 bridgehead atoms. The molecule has 2 aliphatic carbocycles. The predicted octanol–water partition coefficient (Wildman–Crippen LogP) is 4.25. The van der Waals surface area contributed by atoms with Gasteiger partial charge in [0.05, 0.1) is 18.0 Å². The second-order valence-corrected chi connectivity index (χ2v) is 9.04. The van der Waals surface area contributed by atoms with Crippen molar-refractivity contribution < 1.29 is 22.7 Å². The van der Waals surface area contributed by atoms with Gasteiger partial charge in [0.15, 0.2) is 5.82 Å². The minimum absolute atomic E-state index is 0.134. The molecular weight excluding hydrogens is 449 g/mol. The predicted molar refractivity (Wildman–Crippen MR) is 118 cm³/mol. The Hall–Kier alpha value is -3.26. The fraction of sp³-hybridized carbons (Fsp3) is 0.522. The topological polar surface area (TPSA) is 118 Å². The van der Waals surface area contributed by atoms with Gasteiger partial charge in [0.2, 0.25) is 0 Å². The highest BCUT2D eigenvalue weighted by Gasteiger charge is 2.36. The van der Waals surface area contributed by atoms with E-state index in [0.29, 0.717) is 18.2 Å². The standard InChI is InChI=1S/C23H27F3N6O2/c1-13(14-2-3-14)29-17-6-9-20(15(10-17)11-27)32-12-19(21(28)33)22(31-32)30-16-4-7-18(8-5-16)34-23(24,25)26/h4-5,7-8,12-15,17,20,29H,2-3,6,9-10H2,1H3,(H2,28,33)(H,30,31). The van der Waals surface area contributed by atoms with Crippen LogP contribution in [0.25, 0.3) is 0 Å². The summed E-state index contributed by atoms with van der Waals surface area (Å²) < 4.78 is 42.6. The van der Waals surface area contributed by atoms with E-state index in [0.717, 1.165) is 30.9 Å². The van der Waals surface area contributed by atoms with Gasteiger partial charge in [0, 0.05) is 24.0 Å². The average molecular weight is 477 g/mol. The lowest BCUT2D eigenvalue weighted by molar-refractivity contribution is -0.274. The van der Waals surface area contributed by atoms with Gasteiger partial charge in [-0.25, -0.2) is 0 Å². The van der Waals surface area contributed by atoms with Crippen molar-refractivity contribution in [1.82, 2.24) is 15.1 Å². The third kappa shape index (κ3) is 5.80. The highest BCUT2D eigenvalue weighted by atomic mass is 19.4. The number of nitrogens with one attached hydrogen (secondary N) is 2. The van der Waals surface area contributed by atoms with Gasteiger partial charge >= 0.3 is 6.36 Å². The third-order valence-corrected chi connectivity index (χ3v) is 6.50. The highest BCUT2D eigenvalue weighted by Crippen LogP contribution is 2.37. The number of primary amides is 1. The van der Waals surface area contributed by atoms with Crippen LogP contribution in [-0.4, -0.2) is 34.1 Å². The minimum atomic E-state index is -4.78. The maximum atomic E-state index is 12.4. The molecule has 0 spiro atoms. The van der Waals surface area contributed by atoms with Crippen molar-refractivity contribution in [2.45, 2.75) is 63.5 Å². The normalized spacial score (nSPS) is 23.7. The Morgan fingerprint density at radius 1 is 1.26 bits per heavy atom. The van der Waals surface area contributed by atoms with E-state index in [-0.39, 0.29) is 35.1 Å². The number of amides is 1. The van der Waals surface area contributed by atoms with Crippen LogP contribution in [0.3, 0.4) is 0 Å². The smallest absolute Gasteiger partial charge is 0.406 e. The summed E-state index contributed by atoms with van der Waals surface area (Å²) in [6, 6.07) is 7.94. The highest BCUT2D eigenvalue weighted by molar-refractivity contribution is 5.98. The van der Waals surface area contributed by atoms with Crippen LogP contribution in [0, 0.1) is 23.2 Å². The van der Waals surface area contributed by atoms with E-state index in [9.17, 15) is 23.2 Å². The van der Waals surface area contributed by atoms with Crippen LogP contribution in [0.1, 0.15) is 55.4 Å². The van der Waals surface area contributed by atoms with Crippen molar-refractivity contribution in [2.24, 2.45) is 17.6 Å². The Labute approximate surface area is 195 Å². The number of carbonyl (C=O) groups is 1. The first-order valence-corrected chi connectivity index (χ1v) is 11.3. The number of hydrogen-bond acceptors (Lipinski definition) is 6. The number of alkyl halides is 3. The van der Waals surface area contributed by atoms with Crippen LogP contribution in [0.15, 0.2) is 30.5 Å². The molecule has 0 saturated heterocycles. The minimum Gasteiger partial charge on any atom is -0.406 e. The molecule has 2 saturated carbocycles. The fourth-order valence-corrected chi connectivity index (χ4v) is 4.58. The van der Waals surface area contributed by atoms with E-state index in [2.05, 4.69) is 33.5 Å². The lowest BCUT2D eigenvalue weighted by Crippen LogP contribution is -2.43. The number of benzene rings is 1. The summed E-state index contributed by atoms with van der Waals surface area (Å²) in [6.07, 6.45) is 1.54. The maximum absolute atomic E-state index is 12.4. The van der Waals surface area contributed by atoms with Gasteiger partial charge in [-0.1, -0.05) is 0 Å². The van der Waals surface area contributed by atoms with Crippen LogP contribution in [0.2, 0.25) is 0 Å². The number of aromatic nitrogens is 2. The molecule has 1 heterocycles. The molecule has 0 aliphatic heterocycles. The van der Waals surface area contributed by atoms with Crippen LogP contribution in [-0.2, 0) is 0 Å². The lowest BCUT2D eigenvalue weighted by Gasteiger charge is -2.34. The van der Waals surface area contributed by atoms with Crippen molar-refractivity contribution in [1.29, 1.82) is 5.26 Å². The first-order valence-electron chi connectivity index (χ1n) is 11.3. The van der Waals surface area contributed by atoms with E-state index in [4.69, 9.17) is 5.73 Å². The van der Waals surface area contributed by atoms with Gasteiger partial charge in [-0.3, -0.25) is 9.48 Å². The Kier molecular flexibility index (Phi) is 6.70. The Morgan fingerprint density at radius 2 is 1.97 bits per heavy atom. The van der Waals surface area contributed by atoms with Crippen molar-refractivity contribution in [3.05, 3.63) is 36.0 Å². The number of nitriles is 1. The van der Waals surface area contributed by atoms with Gasteiger partial charge in [-0.2, -0.15) is 10.4 Å². The molecule has 4 N–H and O–H groups in total. The Balaban J connectivity index is 1.47. The van der Waals surface area contributed by atoms with E-state index < -0.39 is 12.3 Å². The van der Waals surface area contributed by atoms with Crippen molar-refractivity contribution >= 4 is 17.4 Å². The molecule has 1 amide bonds. The molecular formula is C23H27F3N6O2. The number of rotatable bonds is 8. The SMILES string of the molecule is CC(NC1CCC(n2cc(C(N)=O)c(Nc3ccc(OC(F)(F)F)cc3)n2)C(C#N)C1)C1CC1. The largest absolute Gasteiger partial charge is 0.573 e. The maximum Gasteiger partial charge on any atom is 0.573 e. The van der Waals surface area contributed by atoms with Crippen molar-refractivity contribution in [3.63, 3.8) is 0 Å².